The molecule has 1 aliphatic carbocycles. The van der Waals surface area contributed by atoms with Crippen LogP contribution in [-0.2, 0) is 6.42 Å². The first-order chi connectivity index (χ1) is 9.70. The van der Waals surface area contributed by atoms with Crippen LogP contribution in [0.3, 0.4) is 0 Å². The third-order valence-corrected chi connectivity index (χ3v) is 4.52. The van der Waals surface area contributed by atoms with Gasteiger partial charge in [-0.15, -0.1) is 0 Å². The van der Waals surface area contributed by atoms with E-state index in [1.54, 1.807) is 0 Å². The zero-order valence-corrected chi connectivity index (χ0v) is 13.2. The van der Waals surface area contributed by atoms with Crippen LogP contribution in [0.5, 0.6) is 0 Å². The fourth-order valence-corrected chi connectivity index (χ4v) is 3.09. The van der Waals surface area contributed by atoms with E-state index in [-0.39, 0.29) is 0 Å². The highest BCUT2D eigenvalue weighted by atomic mass is 16.5. The lowest BCUT2D eigenvalue weighted by atomic mass is 9.91. The van der Waals surface area contributed by atoms with E-state index < -0.39 is 0 Å². The zero-order valence-electron chi connectivity index (χ0n) is 13.2. The topological polar surface area (TPSA) is 51.0 Å². The van der Waals surface area contributed by atoms with Crippen LogP contribution < -0.4 is 5.32 Å². The SMILES string of the molecule is CNC(Cc1nc(C2CCCCCCC2)no1)C(C)C. The Kier molecular flexibility index (Phi) is 6.02. The predicted octanol–water partition coefficient (Wildman–Crippen LogP) is 3.68. The molecule has 1 unspecified atom stereocenters. The molecule has 1 heterocycles. The van der Waals surface area contributed by atoms with Crippen molar-refractivity contribution >= 4 is 0 Å². The highest BCUT2D eigenvalue weighted by Crippen LogP contribution is 2.29. The Balaban J connectivity index is 1.96. The first-order valence-electron chi connectivity index (χ1n) is 8.20. The molecule has 20 heavy (non-hydrogen) atoms. The monoisotopic (exact) mass is 279 g/mol. The van der Waals surface area contributed by atoms with Crippen LogP contribution in [0.25, 0.3) is 0 Å². The Morgan fingerprint density at radius 1 is 1.15 bits per heavy atom. The summed E-state index contributed by atoms with van der Waals surface area (Å²) in [5.41, 5.74) is 0. The molecular weight excluding hydrogens is 250 g/mol. The molecule has 4 nitrogen and oxygen atoms in total. The van der Waals surface area contributed by atoms with E-state index in [0.29, 0.717) is 17.9 Å². The molecule has 0 aromatic carbocycles. The van der Waals surface area contributed by atoms with Crippen molar-refractivity contribution in [3.63, 3.8) is 0 Å². The standard InChI is InChI=1S/C16H29N3O/c1-12(2)14(17-3)11-15-18-16(19-20-15)13-9-7-5-4-6-8-10-13/h12-14,17H,4-11H2,1-3H3. The molecular formula is C16H29N3O. The van der Waals surface area contributed by atoms with Gasteiger partial charge in [-0.05, 0) is 25.8 Å². The van der Waals surface area contributed by atoms with Gasteiger partial charge in [0.2, 0.25) is 5.89 Å². The van der Waals surface area contributed by atoms with Crippen LogP contribution in [0.4, 0.5) is 0 Å². The quantitative estimate of drug-likeness (QED) is 0.893. The molecule has 0 bridgehead atoms. The summed E-state index contributed by atoms with van der Waals surface area (Å²) in [6.07, 6.45) is 9.99. The molecule has 2 rings (SSSR count). The van der Waals surface area contributed by atoms with Crippen molar-refractivity contribution in [2.24, 2.45) is 5.92 Å². The Morgan fingerprint density at radius 3 is 2.40 bits per heavy atom. The Labute approximate surface area is 122 Å². The lowest BCUT2D eigenvalue weighted by molar-refractivity contribution is 0.329. The van der Waals surface area contributed by atoms with Gasteiger partial charge in [-0.3, -0.25) is 0 Å². The number of nitrogens with zero attached hydrogens (tertiary/aromatic N) is 2. The minimum absolute atomic E-state index is 0.403. The number of hydrogen-bond donors (Lipinski definition) is 1. The third-order valence-electron chi connectivity index (χ3n) is 4.52. The maximum Gasteiger partial charge on any atom is 0.228 e. The summed E-state index contributed by atoms with van der Waals surface area (Å²) in [5.74, 6) is 2.81. The smallest absolute Gasteiger partial charge is 0.228 e. The number of hydrogen-bond acceptors (Lipinski definition) is 4. The molecule has 0 aliphatic heterocycles. The first kappa shape index (κ1) is 15.5. The van der Waals surface area contributed by atoms with E-state index in [0.717, 1.165) is 18.1 Å². The summed E-state index contributed by atoms with van der Waals surface area (Å²) >= 11 is 0. The highest BCUT2D eigenvalue weighted by molar-refractivity contribution is 4.97. The predicted molar refractivity (Wildman–Crippen MR) is 80.7 cm³/mol. The minimum Gasteiger partial charge on any atom is -0.339 e. The highest BCUT2D eigenvalue weighted by Gasteiger charge is 2.21. The van der Waals surface area contributed by atoms with E-state index in [1.807, 2.05) is 7.05 Å². The van der Waals surface area contributed by atoms with Gasteiger partial charge in [-0.1, -0.05) is 51.1 Å². The number of rotatable bonds is 5. The average molecular weight is 279 g/mol. The van der Waals surface area contributed by atoms with Gasteiger partial charge in [0.1, 0.15) is 0 Å². The average Bonchev–Trinajstić information content (AvgIpc) is 2.83. The van der Waals surface area contributed by atoms with Gasteiger partial charge >= 0.3 is 0 Å². The second-order valence-electron chi connectivity index (χ2n) is 6.43. The molecule has 1 atom stereocenters. The number of nitrogens with one attached hydrogen (secondary N) is 1. The Morgan fingerprint density at radius 2 is 1.80 bits per heavy atom. The molecule has 114 valence electrons. The van der Waals surface area contributed by atoms with E-state index in [9.17, 15) is 0 Å². The molecule has 1 aromatic rings. The molecule has 1 aliphatic rings. The second-order valence-corrected chi connectivity index (χ2v) is 6.43. The van der Waals surface area contributed by atoms with E-state index in [1.165, 1.54) is 44.9 Å². The van der Waals surface area contributed by atoms with Crippen molar-refractivity contribution < 1.29 is 4.52 Å². The summed E-state index contributed by atoms with van der Waals surface area (Å²) in [7, 11) is 2.00. The van der Waals surface area contributed by atoms with Gasteiger partial charge < -0.3 is 9.84 Å². The first-order valence-corrected chi connectivity index (χ1v) is 8.20. The maximum absolute atomic E-state index is 5.47. The largest absolute Gasteiger partial charge is 0.339 e. The van der Waals surface area contributed by atoms with Crippen LogP contribution in [0, 0.1) is 5.92 Å². The van der Waals surface area contributed by atoms with Gasteiger partial charge in [0.25, 0.3) is 0 Å². The van der Waals surface area contributed by atoms with Crippen molar-refractivity contribution in [1.82, 2.24) is 15.5 Å². The van der Waals surface area contributed by atoms with Gasteiger partial charge in [-0.25, -0.2) is 0 Å². The fourth-order valence-electron chi connectivity index (χ4n) is 3.09. The number of aromatic nitrogens is 2. The van der Waals surface area contributed by atoms with Crippen LogP contribution in [0.1, 0.15) is 76.4 Å². The lowest BCUT2D eigenvalue weighted by Crippen LogP contribution is -2.32. The zero-order chi connectivity index (χ0) is 14.4. The second kappa shape index (κ2) is 7.77. The van der Waals surface area contributed by atoms with Crippen LogP contribution >= 0.6 is 0 Å². The third kappa shape index (κ3) is 4.30. The molecule has 0 radical (unpaired) electrons. The van der Waals surface area contributed by atoms with Gasteiger partial charge in [-0.2, -0.15) is 4.98 Å². The Hall–Kier alpha value is -0.900. The van der Waals surface area contributed by atoms with Gasteiger partial charge in [0.15, 0.2) is 5.82 Å². The molecule has 0 spiro atoms. The normalized spacial score (nSPS) is 19.8. The molecule has 1 aromatic heterocycles. The van der Waals surface area contributed by atoms with E-state index in [4.69, 9.17) is 4.52 Å². The van der Waals surface area contributed by atoms with Crippen LogP contribution in [0.15, 0.2) is 4.52 Å². The molecule has 0 amide bonds. The van der Waals surface area contributed by atoms with Crippen molar-refractivity contribution in [3.8, 4) is 0 Å². The number of likely N-dealkylation sites (N-methyl/N-ethyl adjacent to an activating group) is 1. The molecule has 1 fully saturated rings. The van der Waals surface area contributed by atoms with Crippen LogP contribution in [0.2, 0.25) is 0 Å². The lowest BCUT2D eigenvalue weighted by Gasteiger charge is -2.17. The van der Waals surface area contributed by atoms with Crippen molar-refractivity contribution in [3.05, 3.63) is 11.7 Å². The van der Waals surface area contributed by atoms with E-state index >= 15 is 0 Å². The summed E-state index contributed by atoms with van der Waals surface area (Å²) in [6, 6.07) is 0.403. The minimum atomic E-state index is 0.403. The molecule has 1 saturated carbocycles. The summed E-state index contributed by atoms with van der Waals surface area (Å²) in [5, 5.41) is 7.57. The van der Waals surface area contributed by atoms with Crippen molar-refractivity contribution in [2.75, 3.05) is 7.05 Å². The maximum atomic E-state index is 5.47. The molecule has 0 saturated heterocycles. The van der Waals surface area contributed by atoms with Gasteiger partial charge in [0, 0.05) is 18.4 Å². The summed E-state index contributed by atoms with van der Waals surface area (Å²) in [4.78, 5) is 4.66. The fraction of sp³-hybridized carbons (Fsp3) is 0.875. The summed E-state index contributed by atoms with van der Waals surface area (Å²) < 4.78 is 5.47. The van der Waals surface area contributed by atoms with Gasteiger partial charge in [0.05, 0.1) is 0 Å². The molecule has 1 N–H and O–H groups in total. The molecule has 4 heteroatoms. The van der Waals surface area contributed by atoms with Crippen LogP contribution in [-0.4, -0.2) is 23.2 Å². The van der Waals surface area contributed by atoms with Crippen molar-refractivity contribution in [2.45, 2.75) is 77.2 Å². The Bertz CT molecular complexity index is 381. The van der Waals surface area contributed by atoms with Crippen molar-refractivity contribution in [1.29, 1.82) is 0 Å². The van der Waals surface area contributed by atoms with E-state index in [2.05, 4.69) is 29.3 Å². The summed E-state index contributed by atoms with van der Waals surface area (Å²) in [6.45, 7) is 4.43.